The molecule has 0 atom stereocenters. The number of ketones is 1. The molecule has 0 saturated heterocycles. The summed E-state index contributed by atoms with van der Waals surface area (Å²) in [5.41, 5.74) is 5.22. The van der Waals surface area contributed by atoms with Gasteiger partial charge in [-0.1, -0.05) is 19.1 Å². The highest BCUT2D eigenvalue weighted by molar-refractivity contribution is 5.96. The molecule has 160 valence electrons. The second-order valence-electron chi connectivity index (χ2n) is 7.37. The molecule has 31 heavy (non-hydrogen) atoms. The number of hydrogen-bond acceptors (Lipinski definition) is 5. The lowest BCUT2D eigenvalue weighted by atomic mass is 10.0. The van der Waals surface area contributed by atoms with Crippen LogP contribution in [0.5, 0.6) is 5.88 Å². The van der Waals surface area contributed by atoms with E-state index in [-0.39, 0.29) is 11.7 Å². The molecule has 2 aromatic heterocycles. The SMILES string of the molecule is CCC(=O)N(C)c1ccc(-c2ccc(C(=O)CCc3ccc(OC)nc3)cn2)c(C)c1. The van der Waals surface area contributed by atoms with Gasteiger partial charge in [-0.05, 0) is 48.7 Å². The number of carbonyl (C=O) groups is 2. The third-order valence-corrected chi connectivity index (χ3v) is 5.28. The maximum Gasteiger partial charge on any atom is 0.226 e. The number of benzene rings is 1. The summed E-state index contributed by atoms with van der Waals surface area (Å²) in [4.78, 5) is 34.8. The molecule has 1 amide bonds. The lowest BCUT2D eigenvalue weighted by molar-refractivity contribution is -0.118. The number of methoxy groups -OCH3 is 1. The van der Waals surface area contributed by atoms with Gasteiger partial charge in [0.2, 0.25) is 11.8 Å². The van der Waals surface area contributed by atoms with E-state index in [0.29, 0.717) is 30.7 Å². The number of anilines is 1. The molecule has 6 nitrogen and oxygen atoms in total. The molecule has 0 bridgehead atoms. The van der Waals surface area contributed by atoms with Crippen molar-refractivity contribution in [2.45, 2.75) is 33.1 Å². The van der Waals surface area contributed by atoms with Crippen molar-refractivity contribution in [1.29, 1.82) is 0 Å². The average Bonchev–Trinajstić information content (AvgIpc) is 2.81. The Morgan fingerprint density at radius 1 is 1.03 bits per heavy atom. The number of hydrogen-bond donors (Lipinski definition) is 0. The molecule has 0 aliphatic heterocycles. The molecule has 1 aromatic carbocycles. The van der Waals surface area contributed by atoms with Gasteiger partial charge in [-0.25, -0.2) is 4.98 Å². The molecule has 3 rings (SSSR count). The Morgan fingerprint density at radius 2 is 1.84 bits per heavy atom. The molecule has 0 aliphatic carbocycles. The van der Waals surface area contributed by atoms with Crippen molar-refractivity contribution in [3.63, 3.8) is 0 Å². The van der Waals surface area contributed by atoms with E-state index >= 15 is 0 Å². The standard InChI is InChI=1S/C25H27N3O3/c1-5-25(30)28(3)20-9-10-21(17(2)14-20)22-11-8-19(16-26-22)23(29)12-6-18-7-13-24(31-4)27-15-18/h7-11,13-16H,5-6,12H2,1-4H3. The lowest BCUT2D eigenvalue weighted by Crippen LogP contribution is -2.25. The van der Waals surface area contributed by atoms with Gasteiger partial charge < -0.3 is 9.64 Å². The van der Waals surface area contributed by atoms with Crippen LogP contribution in [-0.2, 0) is 11.2 Å². The monoisotopic (exact) mass is 417 g/mol. The highest BCUT2D eigenvalue weighted by Crippen LogP contribution is 2.26. The first-order valence-corrected chi connectivity index (χ1v) is 10.3. The van der Waals surface area contributed by atoms with Gasteiger partial charge in [-0.2, -0.15) is 0 Å². The van der Waals surface area contributed by atoms with Crippen LogP contribution in [0.3, 0.4) is 0 Å². The van der Waals surface area contributed by atoms with Crippen molar-refractivity contribution in [1.82, 2.24) is 9.97 Å². The van der Waals surface area contributed by atoms with E-state index in [1.807, 2.05) is 50.2 Å². The van der Waals surface area contributed by atoms with Crippen LogP contribution in [0.4, 0.5) is 5.69 Å². The number of aromatic nitrogens is 2. The first-order valence-electron chi connectivity index (χ1n) is 10.3. The Kier molecular flexibility index (Phi) is 7.13. The topological polar surface area (TPSA) is 72.4 Å². The summed E-state index contributed by atoms with van der Waals surface area (Å²) < 4.78 is 5.05. The van der Waals surface area contributed by atoms with Gasteiger partial charge in [0, 0.05) is 55.2 Å². The lowest BCUT2D eigenvalue weighted by Gasteiger charge is -2.18. The fourth-order valence-corrected chi connectivity index (χ4v) is 3.32. The van der Waals surface area contributed by atoms with E-state index in [9.17, 15) is 9.59 Å². The molecule has 0 radical (unpaired) electrons. The molecule has 0 spiro atoms. The van der Waals surface area contributed by atoms with Crippen molar-refractivity contribution in [3.8, 4) is 17.1 Å². The minimum Gasteiger partial charge on any atom is -0.481 e. The number of pyridine rings is 2. The largest absolute Gasteiger partial charge is 0.481 e. The van der Waals surface area contributed by atoms with Crippen molar-refractivity contribution in [2.75, 3.05) is 19.1 Å². The van der Waals surface area contributed by atoms with Crippen LogP contribution in [0.2, 0.25) is 0 Å². The minimum atomic E-state index is 0.0432. The Hall–Kier alpha value is -3.54. The third-order valence-electron chi connectivity index (χ3n) is 5.28. The first kappa shape index (κ1) is 22.2. The van der Waals surface area contributed by atoms with Crippen molar-refractivity contribution in [3.05, 3.63) is 71.5 Å². The van der Waals surface area contributed by atoms with Gasteiger partial charge >= 0.3 is 0 Å². The molecule has 2 heterocycles. The van der Waals surface area contributed by atoms with Crippen LogP contribution in [0.1, 0.15) is 41.3 Å². The van der Waals surface area contributed by atoms with Gasteiger partial charge in [0.25, 0.3) is 0 Å². The van der Waals surface area contributed by atoms with Crippen LogP contribution < -0.4 is 9.64 Å². The molecule has 0 unspecified atom stereocenters. The Morgan fingerprint density at radius 3 is 2.42 bits per heavy atom. The maximum atomic E-state index is 12.5. The predicted octanol–water partition coefficient (Wildman–Crippen LogP) is 4.65. The summed E-state index contributed by atoms with van der Waals surface area (Å²) in [6.45, 7) is 3.84. The number of amides is 1. The number of rotatable bonds is 8. The quantitative estimate of drug-likeness (QED) is 0.499. The second kappa shape index (κ2) is 9.98. The van der Waals surface area contributed by atoms with Crippen molar-refractivity contribution in [2.24, 2.45) is 0 Å². The summed E-state index contributed by atoms with van der Waals surface area (Å²) in [6.07, 6.45) is 4.82. The van der Waals surface area contributed by atoms with Gasteiger partial charge in [0.1, 0.15) is 0 Å². The van der Waals surface area contributed by atoms with E-state index in [1.165, 1.54) is 0 Å². The zero-order valence-electron chi connectivity index (χ0n) is 18.4. The molecule has 0 N–H and O–H groups in total. The van der Waals surface area contributed by atoms with E-state index in [2.05, 4.69) is 9.97 Å². The molecule has 6 heteroatoms. The third kappa shape index (κ3) is 5.34. The van der Waals surface area contributed by atoms with Crippen molar-refractivity contribution >= 4 is 17.4 Å². The average molecular weight is 418 g/mol. The van der Waals surface area contributed by atoms with Crippen LogP contribution in [-0.4, -0.2) is 35.8 Å². The zero-order chi connectivity index (χ0) is 22.4. The highest BCUT2D eigenvalue weighted by Gasteiger charge is 2.12. The molecular formula is C25H27N3O3. The van der Waals surface area contributed by atoms with Gasteiger partial charge in [-0.15, -0.1) is 0 Å². The fourth-order valence-electron chi connectivity index (χ4n) is 3.32. The van der Waals surface area contributed by atoms with Crippen LogP contribution >= 0.6 is 0 Å². The van der Waals surface area contributed by atoms with Crippen LogP contribution in [0, 0.1) is 6.92 Å². The summed E-state index contributed by atoms with van der Waals surface area (Å²) >= 11 is 0. The minimum absolute atomic E-state index is 0.0432. The number of aryl methyl sites for hydroxylation is 2. The van der Waals surface area contributed by atoms with E-state index in [4.69, 9.17) is 4.74 Å². The highest BCUT2D eigenvalue weighted by atomic mass is 16.5. The summed E-state index contributed by atoms with van der Waals surface area (Å²) in [6, 6.07) is 13.2. The zero-order valence-corrected chi connectivity index (χ0v) is 18.4. The van der Waals surface area contributed by atoms with Crippen molar-refractivity contribution < 1.29 is 14.3 Å². The number of nitrogens with zero attached hydrogens (tertiary/aromatic N) is 3. The van der Waals surface area contributed by atoms with Gasteiger partial charge in [0.15, 0.2) is 5.78 Å². The van der Waals surface area contributed by atoms with E-state index in [0.717, 1.165) is 28.1 Å². The normalized spacial score (nSPS) is 10.6. The van der Waals surface area contributed by atoms with Crippen LogP contribution in [0.15, 0.2) is 54.9 Å². The number of ether oxygens (including phenoxy) is 1. The van der Waals surface area contributed by atoms with E-state index in [1.54, 1.807) is 37.5 Å². The first-order chi connectivity index (χ1) is 14.9. The van der Waals surface area contributed by atoms with E-state index < -0.39 is 0 Å². The molecule has 3 aromatic rings. The molecular weight excluding hydrogens is 390 g/mol. The fraction of sp³-hybridized carbons (Fsp3) is 0.280. The number of carbonyl (C=O) groups excluding carboxylic acids is 2. The van der Waals surface area contributed by atoms with Crippen LogP contribution in [0.25, 0.3) is 11.3 Å². The summed E-state index contributed by atoms with van der Waals surface area (Å²) in [5.74, 6) is 0.669. The smallest absolute Gasteiger partial charge is 0.226 e. The molecule has 0 fully saturated rings. The Labute approximate surface area is 182 Å². The summed E-state index contributed by atoms with van der Waals surface area (Å²) in [5, 5.41) is 0. The van der Waals surface area contributed by atoms with Gasteiger partial charge in [0.05, 0.1) is 12.8 Å². The predicted molar refractivity (Wildman–Crippen MR) is 122 cm³/mol. The second-order valence-corrected chi connectivity index (χ2v) is 7.37. The molecule has 0 saturated carbocycles. The maximum absolute atomic E-state index is 12.5. The Balaban J connectivity index is 1.67. The summed E-state index contributed by atoms with van der Waals surface area (Å²) in [7, 11) is 3.35. The Bertz CT molecular complexity index is 1060. The molecule has 0 aliphatic rings. The number of Topliss-reactive ketones (excluding diaryl/α,β-unsaturated/α-hetero) is 1. The van der Waals surface area contributed by atoms with Gasteiger partial charge in [-0.3, -0.25) is 14.6 Å².